The van der Waals surface area contributed by atoms with Crippen molar-refractivity contribution in [2.24, 2.45) is 0 Å². The molecular weight excluding hydrogens is 477 g/mol. The highest BCUT2D eigenvalue weighted by molar-refractivity contribution is 6.07. The summed E-state index contributed by atoms with van der Waals surface area (Å²) >= 11 is 0. The molecule has 1 aliphatic heterocycles. The fourth-order valence-electron chi connectivity index (χ4n) is 3.62. The lowest BCUT2D eigenvalue weighted by Gasteiger charge is -2.15. The Balaban J connectivity index is 1.78. The second kappa shape index (κ2) is 9.21. The van der Waals surface area contributed by atoms with E-state index >= 15 is 4.39 Å². The fraction of sp³-hybridized carbons (Fsp3) is 0.273. The summed E-state index contributed by atoms with van der Waals surface area (Å²) in [7, 11) is 0. The van der Waals surface area contributed by atoms with Crippen LogP contribution in [0.3, 0.4) is 0 Å². The number of benzene rings is 2. The molecule has 0 saturated heterocycles. The molecule has 2 heterocycles. The Morgan fingerprint density at radius 2 is 1.97 bits per heavy atom. The van der Waals surface area contributed by atoms with Gasteiger partial charge in [-0.05, 0) is 37.1 Å². The van der Waals surface area contributed by atoms with E-state index in [1.807, 2.05) is 0 Å². The number of ether oxygens (including phenoxy) is 1. The number of rotatable bonds is 5. The van der Waals surface area contributed by atoms with E-state index in [9.17, 15) is 27.2 Å². The molecule has 0 aliphatic carbocycles. The van der Waals surface area contributed by atoms with Gasteiger partial charge in [-0.1, -0.05) is 0 Å². The molecule has 0 atom stereocenters. The molecule has 35 heavy (non-hydrogen) atoms. The zero-order chi connectivity index (χ0) is 25.3. The standard InChI is InChI=1S/C22H16F5N5O3/c23-13-5-4-12(10-28)16(7-13)29-20(33)14-8-15(24)17(9-18(14)35-11-22(25,26)27)32-21(34)31-6-2-1-3-19(31)30-32/h4-5,7-9H,1-3,6,11H2,(H,29,33). The Hall–Kier alpha value is -4.21. The first-order chi connectivity index (χ1) is 16.6. The minimum absolute atomic E-state index is 0.134. The Kier molecular flexibility index (Phi) is 6.29. The minimum Gasteiger partial charge on any atom is -0.483 e. The van der Waals surface area contributed by atoms with Crippen LogP contribution in [0.15, 0.2) is 35.1 Å². The monoisotopic (exact) mass is 493 g/mol. The molecule has 1 N–H and O–H groups in total. The Morgan fingerprint density at radius 3 is 2.66 bits per heavy atom. The largest absolute Gasteiger partial charge is 0.483 e. The van der Waals surface area contributed by atoms with Gasteiger partial charge in [0.1, 0.15) is 35.0 Å². The molecule has 8 nitrogen and oxygen atoms in total. The highest BCUT2D eigenvalue weighted by Crippen LogP contribution is 2.29. The van der Waals surface area contributed by atoms with E-state index in [2.05, 4.69) is 10.4 Å². The van der Waals surface area contributed by atoms with E-state index in [1.165, 1.54) is 4.57 Å². The van der Waals surface area contributed by atoms with Crippen LogP contribution in [0, 0.1) is 23.0 Å². The lowest BCUT2D eigenvalue weighted by Crippen LogP contribution is -2.27. The summed E-state index contributed by atoms with van der Waals surface area (Å²) in [5, 5.41) is 15.4. The first kappa shape index (κ1) is 23.9. The Morgan fingerprint density at radius 1 is 1.20 bits per heavy atom. The third-order valence-corrected chi connectivity index (χ3v) is 5.23. The van der Waals surface area contributed by atoms with Gasteiger partial charge >= 0.3 is 11.9 Å². The number of carbonyl (C=O) groups is 1. The van der Waals surface area contributed by atoms with Gasteiger partial charge in [-0.2, -0.15) is 23.1 Å². The topological polar surface area (TPSA) is 102 Å². The zero-order valence-electron chi connectivity index (χ0n) is 17.8. The van der Waals surface area contributed by atoms with Crippen LogP contribution in [-0.2, 0) is 13.0 Å². The van der Waals surface area contributed by atoms with Gasteiger partial charge in [0.15, 0.2) is 6.61 Å². The Labute approximate surface area is 194 Å². The van der Waals surface area contributed by atoms with Crippen molar-refractivity contribution in [2.75, 3.05) is 11.9 Å². The van der Waals surface area contributed by atoms with E-state index in [1.54, 1.807) is 6.07 Å². The number of amides is 1. The van der Waals surface area contributed by atoms with Crippen LogP contribution < -0.4 is 15.7 Å². The summed E-state index contributed by atoms with van der Waals surface area (Å²) in [6.45, 7) is -1.45. The van der Waals surface area contributed by atoms with Crippen LogP contribution in [-0.4, -0.2) is 33.0 Å². The number of nitriles is 1. The molecule has 0 saturated carbocycles. The number of alkyl halides is 3. The number of halogens is 5. The summed E-state index contributed by atoms with van der Waals surface area (Å²) in [5.74, 6) is -3.38. The fourth-order valence-corrected chi connectivity index (χ4v) is 3.62. The summed E-state index contributed by atoms with van der Waals surface area (Å²) in [5.41, 5.74) is -2.27. The number of carbonyl (C=O) groups excluding carboxylic acids is 1. The first-order valence-corrected chi connectivity index (χ1v) is 10.3. The summed E-state index contributed by atoms with van der Waals surface area (Å²) in [4.78, 5) is 25.5. The van der Waals surface area contributed by atoms with Crippen molar-refractivity contribution in [1.29, 1.82) is 5.26 Å². The van der Waals surface area contributed by atoms with E-state index < -0.39 is 53.0 Å². The van der Waals surface area contributed by atoms with Crippen LogP contribution in [0.4, 0.5) is 27.6 Å². The number of fused-ring (bicyclic) bond motifs is 1. The lowest BCUT2D eigenvalue weighted by molar-refractivity contribution is -0.153. The number of aromatic nitrogens is 3. The molecule has 0 unspecified atom stereocenters. The number of aryl methyl sites for hydroxylation is 1. The predicted molar refractivity (Wildman–Crippen MR) is 111 cm³/mol. The van der Waals surface area contributed by atoms with Crippen molar-refractivity contribution in [3.05, 3.63) is 69.4 Å². The molecule has 1 aromatic heterocycles. The van der Waals surface area contributed by atoms with Gasteiger partial charge in [0.05, 0.1) is 16.8 Å². The van der Waals surface area contributed by atoms with Crippen LogP contribution in [0.5, 0.6) is 5.75 Å². The van der Waals surface area contributed by atoms with Gasteiger partial charge < -0.3 is 10.1 Å². The maximum atomic E-state index is 15.1. The average Bonchev–Trinajstić information content (AvgIpc) is 3.14. The van der Waals surface area contributed by atoms with Crippen LogP contribution in [0.2, 0.25) is 0 Å². The quantitative estimate of drug-likeness (QED) is 0.546. The molecule has 0 radical (unpaired) electrons. The van der Waals surface area contributed by atoms with E-state index in [4.69, 9.17) is 10.00 Å². The van der Waals surface area contributed by atoms with E-state index in [0.717, 1.165) is 30.7 Å². The Bertz CT molecular complexity index is 1400. The molecule has 13 heteroatoms. The molecule has 1 aliphatic rings. The number of anilines is 1. The van der Waals surface area contributed by atoms with Crippen molar-refractivity contribution >= 4 is 11.6 Å². The van der Waals surface area contributed by atoms with Gasteiger partial charge in [-0.3, -0.25) is 9.36 Å². The first-order valence-electron chi connectivity index (χ1n) is 10.3. The van der Waals surface area contributed by atoms with Gasteiger partial charge in [0.25, 0.3) is 5.91 Å². The number of hydrogen-bond donors (Lipinski definition) is 1. The summed E-state index contributed by atoms with van der Waals surface area (Å²) < 4.78 is 74.0. The van der Waals surface area contributed by atoms with Crippen LogP contribution >= 0.6 is 0 Å². The third-order valence-electron chi connectivity index (χ3n) is 5.23. The maximum absolute atomic E-state index is 15.1. The second-order valence-corrected chi connectivity index (χ2v) is 7.68. The van der Waals surface area contributed by atoms with Gasteiger partial charge in [0.2, 0.25) is 0 Å². The highest BCUT2D eigenvalue weighted by atomic mass is 19.4. The molecule has 182 valence electrons. The molecule has 4 rings (SSSR count). The van der Waals surface area contributed by atoms with E-state index in [0.29, 0.717) is 36.0 Å². The van der Waals surface area contributed by atoms with Crippen molar-refractivity contribution in [2.45, 2.75) is 32.0 Å². The average molecular weight is 493 g/mol. The second-order valence-electron chi connectivity index (χ2n) is 7.68. The number of nitrogens with zero attached hydrogens (tertiary/aromatic N) is 4. The third kappa shape index (κ3) is 5.01. The highest BCUT2D eigenvalue weighted by Gasteiger charge is 2.30. The van der Waals surface area contributed by atoms with Gasteiger partial charge in [0, 0.05) is 19.0 Å². The van der Waals surface area contributed by atoms with E-state index in [-0.39, 0.29) is 11.3 Å². The van der Waals surface area contributed by atoms with Gasteiger partial charge in [-0.15, -0.1) is 5.10 Å². The molecule has 1 amide bonds. The molecule has 3 aromatic rings. The molecule has 0 bridgehead atoms. The number of hydrogen-bond acceptors (Lipinski definition) is 5. The van der Waals surface area contributed by atoms with Crippen molar-refractivity contribution in [3.63, 3.8) is 0 Å². The molecule has 0 fully saturated rings. The number of nitrogens with one attached hydrogen (secondary N) is 1. The zero-order valence-corrected chi connectivity index (χ0v) is 17.8. The van der Waals surface area contributed by atoms with Crippen LogP contribution in [0.25, 0.3) is 5.69 Å². The van der Waals surface area contributed by atoms with Crippen molar-refractivity contribution in [1.82, 2.24) is 14.3 Å². The van der Waals surface area contributed by atoms with Gasteiger partial charge in [-0.25, -0.2) is 13.6 Å². The summed E-state index contributed by atoms with van der Waals surface area (Å²) in [6, 6.07) is 5.97. The molecule has 2 aromatic carbocycles. The molecule has 0 spiro atoms. The minimum atomic E-state index is -4.79. The normalized spacial score (nSPS) is 13.1. The smallest absolute Gasteiger partial charge is 0.422 e. The molecular formula is C22H16F5N5O3. The SMILES string of the molecule is N#Cc1ccc(F)cc1NC(=O)c1cc(F)c(-n2nc3n(c2=O)CCCC3)cc1OCC(F)(F)F. The maximum Gasteiger partial charge on any atom is 0.422 e. The van der Waals surface area contributed by atoms with Crippen molar-refractivity contribution < 1.29 is 31.5 Å². The lowest BCUT2D eigenvalue weighted by atomic mass is 10.1. The van der Waals surface area contributed by atoms with Crippen molar-refractivity contribution in [3.8, 4) is 17.5 Å². The predicted octanol–water partition coefficient (Wildman–Crippen LogP) is 3.71. The van der Waals surface area contributed by atoms with Crippen LogP contribution in [0.1, 0.15) is 34.6 Å². The summed E-state index contributed by atoms with van der Waals surface area (Å²) in [6.07, 6.45) is -2.84.